The molecule has 2 aromatic carbocycles. The topological polar surface area (TPSA) is 84.9 Å². The Hall–Kier alpha value is -1.57. The lowest BCUT2D eigenvalue weighted by atomic mass is 10.1. The molecule has 0 aliphatic rings. The van der Waals surface area contributed by atoms with E-state index in [9.17, 15) is 14.7 Å². The van der Waals surface area contributed by atoms with Crippen LogP contribution < -0.4 is 10.1 Å². The van der Waals surface area contributed by atoms with Crippen LogP contribution in [0.25, 0.3) is 0 Å². The number of benzene rings is 2. The maximum absolute atomic E-state index is 12.9. The van der Waals surface area contributed by atoms with Gasteiger partial charge >= 0.3 is 12.1 Å². The van der Waals surface area contributed by atoms with Crippen molar-refractivity contribution in [2.24, 2.45) is 0 Å². The number of esters is 1. The van der Waals surface area contributed by atoms with E-state index >= 15 is 0 Å². The fraction of sp³-hybridized carbons (Fsp3) is 0.300. The molecule has 0 spiro atoms. The van der Waals surface area contributed by atoms with Crippen molar-refractivity contribution in [1.29, 1.82) is 0 Å². The van der Waals surface area contributed by atoms with Gasteiger partial charge in [-0.2, -0.15) is 0 Å². The molecule has 2 aromatic rings. The number of hydrogen-bond acceptors (Lipinski definition) is 5. The van der Waals surface area contributed by atoms with Gasteiger partial charge in [-0.3, -0.25) is 0 Å². The number of phenolic OH excluding ortho intramolecular Hbond substituents is 1. The van der Waals surface area contributed by atoms with E-state index in [0.717, 1.165) is 0 Å². The number of nitrogens with one attached hydrogen (secondary N) is 1. The zero-order chi connectivity index (χ0) is 23.5. The van der Waals surface area contributed by atoms with Crippen molar-refractivity contribution in [2.45, 2.75) is 38.8 Å². The Balaban J connectivity index is 2.33. The molecule has 0 radical (unpaired) electrons. The first-order valence-corrected chi connectivity index (χ1v) is 10.7. The smallest absolute Gasteiger partial charge is 0.408 e. The molecule has 0 unspecified atom stereocenters. The molecule has 1 amide bonds. The summed E-state index contributed by atoms with van der Waals surface area (Å²) < 4.78 is 10.5. The first-order chi connectivity index (χ1) is 14.3. The van der Waals surface area contributed by atoms with E-state index in [1.54, 1.807) is 32.9 Å². The number of hydrogen-bond donors (Lipinski definition) is 2. The van der Waals surface area contributed by atoms with Crippen LogP contribution in [0.2, 0.25) is 25.1 Å². The molecule has 0 aromatic heterocycles. The molecule has 0 fully saturated rings. The van der Waals surface area contributed by atoms with Gasteiger partial charge in [0.05, 0.1) is 15.1 Å². The van der Waals surface area contributed by atoms with Crippen molar-refractivity contribution >= 4 is 70.1 Å². The highest BCUT2D eigenvalue weighted by Crippen LogP contribution is 2.48. The first-order valence-electron chi connectivity index (χ1n) is 8.80. The highest BCUT2D eigenvalue weighted by atomic mass is 35.5. The van der Waals surface area contributed by atoms with E-state index in [0.29, 0.717) is 5.56 Å². The van der Waals surface area contributed by atoms with E-state index in [1.165, 1.54) is 12.1 Å². The molecule has 0 aliphatic carbocycles. The molecule has 2 rings (SSSR count). The summed E-state index contributed by atoms with van der Waals surface area (Å²) in [5.41, 5.74) is -0.166. The van der Waals surface area contributed by atoms with Crippen molar-refractivity contribution in [3.8, 4) is 11.5 Å². The third-order valence-corrected chi connectivity index (χ3v) is 5.97. The Kier molecular flexibility index (Phi) is 8.59. The number of alkyl carbamates (subject to hydrolysis) is 1. The molecule has 1 atom stereocenters. The standard InChI is InChI=1S/C20H18Cl5NO5/c1-20(2,3)31-19(29)26-11(8-9-4-6-10(27)7-5-9)18(28)30-17-15(24)13(22)12(21)14(23)16(17)25/h4-7,11,27H,8H2,1-3H3,(H,26,29)/t11-/m0/s1. The second-order valence-corrected chi connectivity index (χ2v) is 9.28. The van der Waals surface area contributed by atoms with E-state index in [1.807, 2.05) is 0 Å². The van der Waals surface area contributed by atoms with Gasteiger partial charge in [-0.25, -0.2) is 9.59 Å². The fourth-order valence-electron chi connectivity index (χ4n) is 2.36. The Labute approximate surface area is 204 Å². The number of halogens is 5. The van der Waals surface area contributed by atoms with Gasteiger partial charge in [-0.05, 0) is 38.5 Å². The van der Waals surface area contributed by atoms with Gasteiger partial charge in [0.15, 0.2) is 5.75 Å². The summed E-state index contributed by atoms with van der Waals surface area (Å²) in [4.78, 5) is 25.2. The fourth-order valence-corrected chi connectivity index (χ4v) is 3.56. The summed E-state index contributed by atoms with van der Waals surface area (Å²) in [5, 5.41) is 11.1. The minimum Gasteiger partial charge on any atom is -0.508 e. The molecule has 0 aliphatic heterocycles. The summed E-state index contributed by atoms with van der Waals surface area (Å²) in [6, 6.07) is 4.86. The lowest BCUT2D eigenvalue weighted by Gasteiger charge is -2.23. The average molecular weight is 530 g/mol. The SMILES string of the molecule is CC(C)(C)OC(=O)N[C@@H](Cc1ccc(O)cc1)C(=O)Oc1c(Cl)c(Cl)c(Cl)c(Cl)c1Cl. The molecule has 0 heterocycles. The molecule has 31 heavy (non-hydrogen) atoms. The molecule has 6 nitrogen and oxygen atoms in total. The number of phenols is 1. The average Bonchev–Trinajstić information content (AvgIpc) is 2.67. The van der Waals surface area contributed by atoms with Crippen LogP contribution in [0, 0.1) is 0 Å². The van der Waals surface area contributed by atoms with Crippen molar-refractivity contribution in [1.82, 2.24) is 5.32 Å². The lowest BCUT2D eigenvalue weighted by Crippen LogP contribution is -2.46. The normalized spacial score (nSPS) is 12.3. The largest absolute Gasteiger partial charge is 0.508 e. The predicted octanol–water partition coefficient (Wildman–Crippen LogP) is 6.70. The van der Waals surface area contributed by atoms with Crippen LogP contribution in [0.15, 0.2) is 24.3 Å². The summed E-state index contributed by atoms with van der Waals surface area (Å²) >= 11 is 30.2. The molecule has 2 N–H and O–H groups in total. The number of ether oxygens (including phenoxy) is 2. The van der Waals surface area contributed by atoms with Crippen LogP contribution in [-0.2, 0) is 16.0 Å². The van der Waals surface area contributed by atoms with Crippen molar-refractivity contribution < 1.29 is 24.2 Å². The van der Waals surface area contributed by atoms with Crippen LogP contribution in [0.3, 0.4) is 0 Å². The van der Waals surface area contributed by atoms with Crippen molar-refractivity contribution in [2.75, 3.05) is 0 Å². The van der Waals surface area contributed by atoms with E-state index in [4.69, 9.17) is 67.5 Å². The van der Waals surface area contributed by atoms with Crippen LogP contribution >= 0.6 is 58.0 Å². The number of aromatic hydroxyl groups is 1. The minimum atomic E-state index is -1.19. The van der Waals surface area contributed by atoms with Gasteiger partial charge in [-0.15, -0.1) is 0 Å². The zero-order valence-electron chi connectivity index (χ0n) is 16.6. The molecular formula is C20H18Cl5NO5. The molecular weight excluding hydrogens is 511 g/mol. The van der Waals surface area contributed by atoms with Gasteiger partial charge < -0.3 is 19.9 Å². The first kappa shape index (κ1) is 25.7. The second kappa shape index (κ2) is 10.4. The Morgan fingerprint density at radius 3 is 1.90 bits per heavy atom. The maximum atomic E-state index is 12.9. The summed E-state index contributed by atoms with van der Waals surface area (Å²) in [6.45, 7) is 5.03. The Morgan fingerprint density at radius 1 is 0.935 bits per heavy atom. The van der Waals surface area contributed by atoms with Gasteiger partial charge in [0.1, 0.15) is 27.4 Å². The highest BCUT2D eigenvalue weighted by molar-refractivity contribution is 6.55. The van der Waals surface area contributed by atoms with Crippen LogP contribution in [0.4, 0.5) is 4.79 Å². The number of amides is 1. The molecule has 0 saturated carbocycles. The zero-order valence-corrected chi connectivity index (χ0v) is 20.3. The Morgan fingerprint density at radius 2 is 1.42 bits per heavy atom. The van der Waals surface area contributed by atoms with Gasteiger partial charge in [0.25, 0.3) is 0 Å². The third-order valence-electron chi connectivity index (χ3n) is 3.72. The van der Waals surface area contributed by atoms with E-state index in [-0.39, 0.29) is 43.0 Å². The molecule has 0 bridgehead atoms. The van der Waals surface area contributed by atoms with Crippen molar-refractivity contribution in [3.63, 3.8) is 0 Å². The second-order valence-electron chi connectivity index (χ2n) is 7.39. The van der Waals surface area contributed by atoms with Crippen LogP contribution in [0.1, 0.15) is 26.3 Å². The van der Waals surface area contributed by atoms with E-state index in [2.05, 4.69) is 5.32 Å². The number of rotatable bonds is 5. The molecule has 168 valence electrons. The monoisotopic (exact) mass is 527 g/mol. The summed E-state index contributed by atoms with van der Waals surface area (Å²) in [5.74, 6) is -1.15. The predicted molar refractivity (Wildman–Crippen MR) is 122 cm³/mol. The van der Waals surface area contributed by atoms with Gasteiger partial charge in [0.2, 0.25) is 0 Å². The highest BCUT2D eigenvalue weighted by Gasteiger charge is 2.29. The Bertz CT molecular complexity index is 960. The summed E-state index contributed by atoms with van der Waals surface area (Å²) in [7, 11) is 0. The minimum absolute atomic E-state index is 0.0165. The maximum Gasteiger partial charge on any atom is 0.408 e. The van der Waals surface area contributed by atoms with Crippen molar-refractivity contribution in [3.05, 3.63) is 54.9 Å². The number of carbonyl (C=O) groups excluding carboxylic acids is 2. The van der Waals surface area contributed by atoms with Crippen LogP contribution in [0.5, 0.6) is 11.5 Å². The van der Waals surface area contributed by atoms with Gasteiger partial charge in [-0.1, -0.05) is 70.1 Å². The number of carbonyl (C=O) groups is 2. The summed E-state index contributed by atoms with van der Waals surface area (Å²) in [6.07, 6.45) is -0.819. The molecule has 0 saturated heterocycles. The quantitative estimate of drug-likeness (QED) is 0.195. The van der Waals surface area contributed by atoms with Gasteiger partial charge in [0, 0.05) is 6.42 Å². The van der Waals surface area contributed by atoms with E-state index < -0.39 is 23.7 Å². The van der Waals surface area contributed by atoms with Crippen LogP contribution in [-0.4, -0.2) is 28.8 Å². The lowest BCUT2D eigenvalue weighted by molar-refractivity contribution is -0.136. The molecule has 11 heteroatoms. The third kappa shape index (κ3) is 6.96.